The Labute approximate surface area is 124 Å². The SMILES string of the molecule is Fc1cccc(Br)c1C(Cl)Cc1ccccc1Cl. The van der Waals surface area contributed by atoms with Crippen molar-refractivity contribution in [2.45, 2.75) is 11.8 Å². The van der Waals surface area contributed by atoms with Gasteiger partial charge < -0.3 is 0 Å². The number of halogens is 4. The summed E-state index contributed by atoms with van der Waals surface area (Å²) in [6.07, 6.45) is 0.487. The van der Waals surface area contributed by atoms with Crippen molar-refractivity contribution >= 4 is 39.1 Å². The summed E-state index contributed by atoms with van der Waals surface area (Å²) in [6.45, 7) is 0. The van der Waals surface area contributed by atoms with Crippen LogP contribution in [0.15, 0.2) is 46.9 Å². The predicted octanol–water partition coefficient (Wildman–Crippen LogP) is 5.76. The van der Waals surface area contributed by atoms with Crippen LogP contribution < -0.4 is 0 Å². The highest BCUT2D eigenvalue weighted by Gasteiger charge is 2.17. The lowest BCUT2D eigenvalue weighted by Crippen LogP contribution is -2.00. The molecule has 0 amide bonds. The third-order valence-corrected chi connectivity index (χ3v) is 4.10. The molecule has 0 saturated heterocycles. The number of hydrogen-bond acceptors (Lipinski definition) is 0. The summed E-state index contributed by atoms with van der Waals surface area (Å²) in [7, 11) is 0. The van der Waals surface area contributed by atoms with E-state index in [2.05, 4.69) is 15.9 Å². The zero-order chi connectivity index (χ0) is 13.1. The maximum Gasteiger partial charge on any atom is 0.129 e. The summed E-state index contributed by atoms with van der Waals surface area (Å²) in [5.74, 6) is -0.309. The number of alkyl halides is 1. The smallest absolute Gasteiger partial charge is 0.129 e. The molecule has 2 aromatic rings. The van der Waals surface area contributed by atoms with Gasteiger partial charge in [0, 0.05) is 15.1 Å². The van der Waals surface area contributed by atoms with Gasteiger partial charge in [-0.2, -0.15) is 0 Å². The van der Waals surface area contributed by atoms with Gasteiger partial charge in [0.15, 0.2) is 0 Å². The van der Waals surface area contributed by atoms with Gasteiger partial charge in [-0.05, 0) is 30.2 Å². The van der Waals surface area contributed by atoms with Crippen LogP contribution in [-0.4, -0.2) is 0 Å². The Kier molecular flexibility index (Phi) is 4.66. The number of hydrogen-bond donors (Lipinski definition) is 0. The van der Waals surface area contributed by atoms with E-state index in [1.807, 2.05) is 18.2 Å². The van der Waals surface area contributed by atoms with Crippen molar-refractivity contribution in [3.8, 4) is 0 Å². The highest BCUT2D eigenvalue weighted by atomic mass is 79.9. The fourth-order valence-corrected chi connectivity index (χ4v) is 3.12. The average Bonchev–Trinajstić information content (AvgIpc) is 2.32. The first-order valence-corrected chi connectivity index (χ1v) is 7.01. The van der Waals surface area contributed by atoms with Gasteiger partial charge in [-0.15, -0.1) is 11.6 Å². The second-order valence-electron chi connectivity index (χ2n) is 3.90. The molecule has 94 valence electrons. The molecule has 0 aliphatic heterocycles. The minimum atomic E-state index is -0.458. The lowest BCUT2D eigenvalue weighted by atomic mass is 10.0. The van der Waals surface area contributed by atoms with Gasteiger partial charge in [0.2, 0.25) is 0 Å². The van der Waals surface area contributed by atoms with E-state index in [0.717, 1.165) is 5.56 Å². The number of benzene rings is 2. The zero-order valence-electron chi connectivity index (χ0n) is 9.34. The lowest BCUT2D eigenvalue weighted by molar-refractivity contribution is 0.604. The molecule has 2 rings (SSSR count). The molecule has 0 aliphatic rings. The zero-order valence-corrected chi connectivity index (χ0v) is 12.4. The quantitative estimate of drug-likeness (QED) is 0.619. The molecule has 0 heterocycles. The average molecular weight is 348 g/mol. The van der Waals surface area contributed by atoms with E-state index in [4.69, 9.17) is 23.2 Å². The Morgan fingerprint density at radius 3 is 2.50 bits per heavy atom. The maximum atomic E-state index is 13.8. The minimum Gasteiger partial charge on any atom is -0.207 e. The highest BCUT2D eigenvalue weighted by Crippen LogP contribution is 2.34. The monoisotopic (exact) mass is 346 g/mol. The summed E-state index contributed by atoms with van der Waals surface area (Å²) in [4.78, 5) is 0. The van der Waals surface area contributed by atoms with Crippen molar-refractivity contribution in [2.75, 3.05) is 0 Å². The van der Waals surface area contributed by atoms with Gasteiger partial charge in [-0.25, -0.2) is 4.39 Å². The molecule has 1 unspecified atom stereocenters. The molecule has 1 atom stereocenters. The van der Waals surface area contributed by atoms with Crippen LogP contribution in [0.25, 0.3) is 0 Å². The first kappa shape index (κ1) is 13.9. The van der Waals surface area contributed by atoms with E-state index < -0.39 is 5.38 Å². The van der Waals surface area contributed by atoms with Crippen molar-refractivity contribution in [1.29, 1.82) is 0 Å². The molecule has 0 radical (unpaired) electrons. The second-order valence-corrected chi connectivity index (χ2v) is 5.69. The summed E-state index contributed by atoms with van der Waals surface area (Å²) < 4.78 is 14.4. The van der Waals surface area contributed by atoms with Crippen molar-refractivity contribution in [1.82, 2.24) is 0 Å². The molecule has 0 bridgehead atoms. The van der Waals surface area contributed by atoms with Crippen LogP contribution in [0.1, 0.15) is 16.5 Å². The van der Waals surface area contributed by atoms with E-state index in [0.29, 0.717) is 21.5 Å². The van der Waals surface area contributed by atoms with Crippen LogP contribution in [0.5, 0.6) is 0 Å². The Balaban J connectivity index is 2.28. The van der Waals surface area contributed by atoms with Gasteiger partial charge in [0.1, 0.15) is 5.82 Å². The Bertz CT molecular complexity index is 537. The van der Waals surface area contributed by atoms with Gasteiger partial charge in [-0.1, -0.05) is 51.8 Å². The molecular formula is C14H10BrCl2F. The van der Waals surface area contributed by atoms with Gasteiger partial charge in [0.25, 0.3) is 0 Å². The van der Waals surface area contributed by atoms with Crippen LogP contribution in [0.2, 0.25) is 5.02 Å². The Hall–Kier alpha value is -0.570. The van der Waals surface area contributed by atoms with Gasteiger partial charge >= 0.3 is 0 Å². The minimum absolute atomic E-state index is 0.309. The van der Waals surface area contributed by atoms with E-state index in [1.54, 1.807) is 18.2 Å². The predicted molar refractivity (Wildman–Crippen MR) is 77.9 cm³/mol. The molecule has 0 spiro atoms. The molecule has 0 nitrogen and oxygen atoms in total. The highest BCUT2D eigenvalue weighted by molar-refractivity contribution is 9.10. The molecule has 18 heavy (non-hydrogen) atoms. The first-order valence-electron chi connectivity index (χ1n) is 5.41. The van der Waals surface area contributed by atoms with Crippen molar-refractivity contribution < 1.29 is 4.39 Å². The van der Waals surface area contributed by atoms with E-state index in [-0.39, 0.29) is 5.82 Å². The topological polar surface area (TPSA) is 0 Å². The van der Waals surface area contributed by atoms with Crippen LogP contribution >= 0.6 is 39.1 Å². The van der Waals surface area contributed by atoms with E-state index in [9.17, 15) is 4.39 Å². The van der Waals surface area contributed by atoms with Gasteiger partial charge in [-0.3, -0.25) is 0 Å². The van der Waals surface area contributed by atoms with Crippen molar-refractivity contribution in [3.05, 3.63) is 68.9 Å². The summed E-state index contributed by atoms with van der Waals surface area (Å²) in [5, 5.41) is 0.191. The van der Waals surface area contributed by atoms with Crippen molar-refractivity contribution in [2.24, 2.45) is 0 Å². The normalized spacial score (nSPS) is 12.4. The molecule has 2 aromatic carbocycles. The van der Waals surface area contributed by atoms with E-state index >= 15 is 0 Å². The van der Waals surface area contributed by atoms with E-state index in [1.165, 1.54) is 6.07 Å². The summed E-state index contributed by atoms with van der Waals surface area (Å²) in [5.41, 5.74) is 1.38. The van der Waals surface area contributed by atoms with Crippen LogP contribution in [0.3, 0.4) is 0 Å². The molecule has 0 fully saturated rings. The summed E-state index contributed by atoms with van der Waals surface area (Å²) >= 11 is 15.7. The maximum absolute atomic E-state index is 13.8. The standard InChI is InChI=1S/C14H10BrCl2F/c15-10-5-3-7-13(18)14(10)12(17)8-9-4-1-2-6-11(9)16/h1-7,12H,8H2. The van der Waals surface area contributed by atoms with Crippen LogP contribution in [0.4, 0.5) is 4.39 Å². The molecule has 0 aromatic heterocycles. The van der Waals surface area contributed by atoms with Crippen LogP contribution in [0, 0.1) is 5.82 Å². The molecule has 0 N–H and O–H groups in total. The summed E-state index contributed by atoms with van der Waals surface area (Å²) in [6, 6.07) is 12.3. The fourth-order valence-electron chi connectivity index (χ4n) is 1.77. The Morgan fingerprint density at radius 1 is 1.11 bits per heavy atom. The third-order valence-electron chi connectivity index (χ3n) is 2.67. The molecule has 0 aliphatic carbocycles. The first-order chi connectivity index (χ1) is 8.59. The Morgan fingerprint density at radius 2 is 1.83 bits per heavy atom. The second kappa shape index (κ2) is 6.05. The molecular weight excluding hydrogens is 338 g/mol. The fraction of sp³-hybridized carbons (Fsp3) is 0.143. The molecule has 4 heteroatoms. The molecule has 0 saturated carbocycles. The lowest BCUT2D eigenvalue weighted by Gasteiger charge is -2.13. The third kappa shape index (κ3) is 3.05. The van der Waals surface area contributed by atoms with Crippen molar-refractivity contribution in [3.63, 3.8) is 0 Å². The number of rotatable bonds is 3. The van der Waals surface area contributed by atoms with Gasteiger partial charge in [0.05, 0.1) is 5.38 Å². The largest absolute Gasteiger partial charge is 0.207 e. The van der Waals surface area contributed by atoms with Crippen LogP contribution in [-0.2, 0) is 6.42 Å².